The Labute approximate surface area is 197 Å². The molecule has 7 heteroatoms. The molecule has 0 fully saturated rings. The predicted molar refractivity (Wildman–Crippen MR) is 136 cm³/mol. The largest absolute Gasteiger partial charge is 0.496 e. The molecular weight excluding hydrogens is 412 g/mol. The number of rotatable bonds is 12. The van der Waals surface area contributed by atoms with Crippen molar-refractivity contribution in [1.29, 1.82) is 0 Å². The zero-order valence-electron chi connectivity index (χ0n) is 20.3. The van der Waals surface area contributed by atoms with Gasteiger partial charge in [0.2, 0.25) is 0 Å². The fraction of sp³-hybridized carbons (Fsp3) is 0.423. The van der Waals surface area contributed by atoms with Gasteiger partial charge < -0.3 is 20.7 Å². The average Bonchev–Trinajstić information content (AvgIpc) is 2.87. The third kappa shape index (κ3) is 6.65. The Kier molecular flexibility index (Phi) is 9.01. The van der Waals surface area contributed by atoms with Crippen LogP contribution in [0.25, 0.3) is 11.3 Å². The second kappa shape index (κ2) is 12.2. The van der Waals surface area contributed by atoms with Gasteiger partial charge in [-0.3, -0.25) is 0 Å². The first-order valence-electron chi connectivity index (χ1n) is 11.6. The maximum Gasteiger partial charge on any atom is 0.129 e. The van der Waals surface area contributed by atoms with Crippen LogP contribution in [-0.4, -0.2) is 48.7 Å². The number of anilines is 2. The van der Waals surface area contributed by atoms with Crippen molar-refractivity contribution >= 4 is 11.6 Å². The number of hydrogen-bond acceptors (Lipinski definition) is 7. The zero-order valence-corrected chi connectivity index (χ0v) is 20.3. The minimum Gasteiger partial charge on any atom is -0.496 e. The van der Waals surface area contributed by atoms with Crippen LogP contribution < -0.4 is 20.7 Å². The lowest BCUT2D eigenvalue weighted by Gasteiger charge is -2.28. The quantitative estimate of drug-likeness (QED) is 0.347. The Morgan fingerprint density at radius 3 is 2.45 bits per heavy atom. The Bertz CT molecular complexity index is 994. The van der Waals surface area contributed by atoms with Gasteiger partial charge in [-0.15, -0.1) is 0 Å². The number of methoxy groups -OCH3 is 1. The van der Waals surface area contributed by atoms with E-state index in [1.165, 1.54) is 5.56 Å². The molecule has 2 heterocycles. The van der Waals surface area contributed by atoms with Gasteiger partial charge in [0.1, 0.15) is 23.7 Å². The number of benzene rings is 1. The molecule has 0 amide bonds. The SMILES string of the molecule is CNCCNc1ccc(-c2cc(NCC(C)[C@@H](C)C(C)c3ccccc3OC)ncn2)cn1. The highest BCUT2D eigenvalue weighted by Gasteiger charge is 2.23. The summed E-state index contributed by atoms with van der Waals surface area (Å²) in [5, 5.41) is 9.88. The predicted octanol–water partition coefficient (Wildman–Crippen LogP) is 4.67. The molecule has 0 aliphatic rings. The van der Waals surface area contributed by atoms with Gasteiger partial charge in [-0.05, 0) is 48.6 Å². The second-order valence-corrected chi connectivity index (χ2v) is 8.50. The molecule has 3 N–H and O–H groups in total. The van der Waals surface area contributed by atoms with E-state index in [1.54, 1.807) is 13.4 Å². The number of aromatic nitrogens is 3. The molecule has 0 aliphatic heterocycles. The molecule has 0 saturated carbocycles. The Hall–Kier alpha value is -3.19. The second-order valence-electron chi connectivity index (χ2n) is 8.50. The van der Waals surface area contributed by atoms with E-state index in [0.717, 1.165) is 48.3 Å². The number of nitrogens with one attached hydrogen (secondary N) is 3. The fourth-order valence-corrected chi connectivity index (χ4v) is 3.85. The topological polar surface area (TPSA) is 84.0 Å². The van der Waals surface area contributed by atoms with Crippen LogP contribution in [0.1, 0.15) is 32.3 Å². The van der Waals surface area contributed by atoms with Crippen LogP contribution in [0, 0.1) is 11.8 Å². The summed E-state index contributed by atoms with van der Waals surface area (Å²) in [5.41, 5.74) is 3.07. The van der Waals surface area contributed by atoms with Crippen molar-refractivity contribution in [1.82, 2.24) is 20.3 Å². The van der Waals surface area contributed by atoms with Crippen molar-refractivity contribution in [2.45, 2.75) is 26.7 Å². The van der Waals surface area contributed by atoms with Gasteiger partial charge >= 0.3 is 0 Å². The molecule has 2 aromatic heterocycles. The van der Waals surface area contributed by atoms with Crippen LogP contribution in [0.4, 0.5) is 11.6 Å². The van der Waals surface area contributed by atoms with Crippen molar-refractivity contribution in [3.05, 3.63) is 60.6 Å². The summed E-state index contributed by atoms with van der Waals surface area (Å²) in [7, 11) is 3.67. The maximum absolute atomic E-state index is 5.57. The molecule has 2 unspecified atom stereocenters. The highest BCUT2D eigenvalue weighted by Crippen LogP contribution is 2.35. The standard InChI is InChI=1S/C26H36N6O/c1-18(19(2)20(3)22-8-6-7-9-24(22)33-5)15-29-26-14-23(31-17-32-26)21-10-11-25(30-16-21)28-13-12-27-4/h6-11,14,16-20,27H,12-13,15H2,1-5H3,(H,28,30)(H,29,31,32)/t18?,19-,20?/m1/s1. The van der Waals surface area contributed by atoms with E-state index < -0.39 is 0 Å². The third-order valence-electron chi connectivity index (χ3n) is 6.33. The van der Waals surface area contributed by atoms with Gasteiger partial charge in [0.25, 0.3) is 0 Å². The molecule has 0 spiro atoms. The number of hydrogen-bond donors (Lipinski definition) is 3. The van der Waals surface area contributed by atoms with Crippen molar-refractivity contribution in [3.8, 4) is 17.0 Å². The van der Waals surface area contributed by atoms with Crippen LogP contribution >= 0.6 is 0 Å². The van der Waals surface area contributed by atoms with E-state index in [0.29, 0.717) is 17.8 Å². The minimum absolute atomic E-state index is 0.380. The first-order chi connectivity index (χ1) is 16.0. The van der Waals surface area contributed by atoms with E-state index in [-0.39, 0.29) is 0 Å². The molecule has 3 rings (SSSR count). The van der Waals surface area contributed by atoms with Gasteiger partial charge in [0, 0.05) is 37.5 Å². The van der Waals surface area contributed by atoms with Crippen LogP contribution in [0.15, 0.2) is 55.0 Å². The summed E-state index contributed by atoms with van der Waals surface area (Å²) in [4.78, 5) is 13.3. The number of nitrogens with zero attached hydrogens (tertiary/aromatic N) is 3. The highest BCUT2D eigenvalue weighted by atomic mass is 16.5. The van der Waals surface area contributed by atoms with Crippen LogP contribution in [0.2, 0.25) is 0 Å². The van der Waals surface area contributed by atoms with Gasteiger partial charge in [-0.2, -0.15) is 0 Å². The molecule has 1 aromatic carbocycles. The van der Waals surface area contributed by atoms with Crippen LogP contribution in [0.5, 0.6) is 5.75 Å². The van der Waals surface area contributed by atoms with E-state index >= 15 is 0 Å². The summed E-state index contributed by atoms with van der Waals surface area (Å²) in [5.74, 6) is 3.91. The van der Waals surface area contributed by atoms with Gasteiger partial charge in [-0.25, -0.2) is 15.0 Å². The summed E-state index contributed by atoms with van der Waals surface area (Å²) in [6.07, 6.45) is 3.44. The Morgan fingerprint density at radius 1 is 0.909 bits per heavy atom. The molecule has 0 bridgehead atoms. The molecule has 33 heavy (non-hydrogen) atoms. The summed E-state index contributed by atoms with van der Waals surface area (Å²) < 4.78 is 5.57. The van der Waals surface area contributed by atoms with E-state index in [9.17, 15) is 0 Å². The lowest BCUT2D eigenvalue weighted by molar-refractivity contribution is 0.338. The monoisotopic (exact) mass is 448 g/mol. The molecular formula is C26H36N6O. The lowest BCUT2D eigenvalue weighted by atomic mass is 9.80. The number of para-hydroxylation sites is 1. The molecule has 0 saturated heterocycles. The summed E-state index contributed by atoms with van der Waals surface area (Å²) in [6, 6.07) is 14.3. The van der Waals surface area contributed by atoms with Crippen LogP contribution in [0.3, 0.4) is 0 Å². The fourth-order valence-electron chi connectivity index (χ4n) is 3.85. The Morgan fingerprint density at radius 2 is 1.73 bits per heavy atom. The Balaban J connectivity index is 1.60. The zero-order chi connectivity index (χ0) is 23.6. The number of pyridine rings is 1. The number of ether oxygens (including phenoxy) is 1. The van der Waals surface area contributed by atoms with E-state index in [4.69, 9.17) is 4.74 Å². The van der Waals surface area contributed by atoms with Crippen molar-refractivity contribution < 1.29 is 4.74 Å². The maximum atomic E-state index is 5.57. The first kappa shape index (κ1) is 24.5. The summed E-state index contributed by atoms with van der Waals surface area (Å²) in [6.45, 7) is 9.38. The third-order valence-corrected chi connectivity index (χ3v) is 6.33. The molecule has 176 valence electrons. The van der Waals surface area contributed by atoms with Crippen molar-refractivity contribution in [2.75, 3.05) is 44.4 Å². The minimum atomic E-state index is 0.380. The van der Waals surface area contributed by atoms with Crippen molar-refractivity contribution in [2.24, 2.45) is 11.8 Å². The van der Waals surface area contributed by atoms with Crippen LogP contribution in [-0.2, 0) is 0 Å². The average molecular weight is 449 g/mol. The van der Waals surface area contributed by atoms with E-state index in [1.807, 2.05) is 43.6 Å². The van der Waals surface area contributed by atoms with Gasteiger partial charge in [0.15, 0.2) is 0 Å². The molecule has 7 nitrogen and oxygen atoms in total. The van der Waals surface area contributed by atoms with Crippen molar-refractivity contribution in [3.63, 3.8) is 0 Å². The lowest BCUT2D eigenvalue weighted by Crippen LogP contribution is -2.23. The first-order valence-corrected chi connectivity index (χ1v) is 11.6. The molecule has 0 aliphatic carbocycles. The normalized spacial score (nSPS) is 13.7. The number of likely N-dealkylation sites (N-methyl/N-ethyl adjacent to an activating group) is 1. The smallest absolute Gasteiger partial charge is 0.129 e. The molecule has 0 radical (unpaired) electrons. The molecule has 3 atom stereocenters. The highest BCUT2D eigenvalue weighted by molar-refractivity contribution is 5.62. The van der Waals surface area contributed by atoms with Gasteiger partial charge in [0.05, 0.1) is 12.8 Å². The molecule has 3 aromatic rings. The summed E-state index contributed by atoms with van der Waals surface area (Å²) >= 11 is 0. The van der Waals surface area contributed by atoms with E-state index in [2.05, 4.69) is 63.8 Å². The van der Waals surface area contributed by atoms with Gasteiger partial charge in [-0.1, -0.05) is 39.0 Å².